The molecule has 17 heavy (non-hydrogen) atoms. The highest BCUT2D eigenvalue weighted by Crippen LogP contribution is 2.31. The van der Waals surface area contributed by atoms with Crippen molar-refractivity contribution < 1.29 is 25.2 Å². The van der Waals surface area contributed by atoms with Gasteiger partial charge in [-0.2, -0.15) is 0 Å². The number of thioether (sulfide) groups is 1. The number of rotatable bonds is 3. The van der Waals surface area contributed by atoms with Crippen LogP contribution in [0, 0.1) is 0 Å². The molecule has 1 saturated heterocycles. The van der Waals surface area contributed by atoms with Crippen molar-refractivity contribution in [3.63, 3.8) is 0 Å². The smallest absolute Gasteiger partial charge is 0.167 e. The van der Waals surface area contributed by atoms with Crippen molar-refractivity contribution >= 4 is 11.8 Å². The Kier molecular flexibility index (Phi) is 4.02. The van der Waals surface area contributed by atoms with Crippen LogP contribution in [0.2, 0.25) is 0 Å². The van der Waals surface area contributed by atoms with E-state index in [1.165, 1.54) is 0 Å². The molecule has 0 saturated carbocycles. The second-order valence-corrected chi connectivity index (χ2v) is 4.80. The van der Waals surface area contributed by atoms with Gasteiger partial charge in [-0.3, -0.25) is 0 Å². The number of hydrogen-bond donors (Lipinski definition) is 5. The molecule has 2 heterocycles. The van der Waals surface area contributed by atoms with E-state index in [0.29, 0.717) is 5.16 Å². The Hall–Kier alpha value is -0.640. The van der Waals surface area contributed by atoms with Gasteiger partial charge in [0, 0.05) is 12.4 Å². The molecule has 1 fully saturated rings. The van der Waals surface area contributed by atoms with E-state index in [2.05, 4.69) is 9.97 Å². The fourth-order valence-corrected chi connectivity index (χ4v) is 2.57. The summed E-state index contributed by atoms with van der Waals surface area (Å²) in [6, 6.07) is 0. The third-order valence-corrected chi connectivity index (χ3v) is 3.62. The van der Waals surface area contributed by atoms with Crippen molar-refractivity contribution in [2.75, 3.05) is 6.61 Å². The van der Waals surface area contributed by atoms with E-state index < -0.39 is 36.5 Å². The van der Waals surface area contributed by atoms with Crippen LogP contribution in [-0.4, -0.2) is 66.9 Å². The first-order valence-corrected chi connectivity index (χ1v) is 5.98. The van der Waals surface area contributed by atoms with Crippen LogP contribution >= 0.6 is 11.8 Å². The number of ether oxygens (including phenoxy) is 1. The number of hydrogen-bond acceptors (Lipinski definition) is 7. The summed E-state index contributed by atoms with van der Waals surface area (Å²) in [6.45, 7) is -0.430. The second-order valence-electron chi connectivity index (χ2n) is 3.71. The molecule has 1 aromatic heterocycles. The fraction of sp³-hybridized carbons (Fsp3) is 0.667. The quantitative estimate of drug-likeness (QED) is 0.440. The van der Waals surface area contributed by atoms with Gasteiger partial charge in [0.15, 0.2) is 5.16 Å². The zero-order valence-corrected chi connectivity index (χ0v) is 9.62. The standard InChI is InChI=1S/C9H14N2O5S/c12-3-4-5(13)6(14)7(15)8(16-4)17-9-10-1-2-11-9/h1-2,4-8,12-15H,3H2,(H,10,11). The third kappa shape index (κ3) is 2.62. The van der Waals surface area contributed by atoms with Gasteiger partial charge in [-0.25, -0.2) is 4.98 Å². The van der Waals surface area contributed by atoms with Gasteiger partial charge in [-0.15, -0.1) is 0 Å². The van der Waals surface area contributed by atoms with Crippen LogP contribution in [0.4, 0.5) is 0 Å². The second kappa shape index (κ2) is 5.34. The molecule has 7 nitrogen and oxygen atoms in total. The highest BCUT2D eigenvalue weighted by atomic mass is 32.2. The molecule has 0 amide bonds. The molecule has 8 heteroatoms. The molecule has 5 N–H and O–H groups in total. The Morgan fingerprint density at radius 2 is 2.06 bits per heavy atom. The van der Waals surface area contributed by atoms with Crippen molar-refractivity contribution in [1.29, 1.82) is 0 Å². The third-order valence-electron chi connectivity index (χ3n) is 2.55. The van der Waals surface area contributed by atoms with E-state index in [0.717, 1.165) is 11.8 Å². The predicted octanol–water partition coefficient (Wildman–Crippen LogP) is -1.70. The predicted molar refractivity (Wildman–Crippen MR) is 58.2 cm³/mol. The zero-order valence-electron chi connectivity index (χ0n) is 8.80. The number of aliphatic hydroxyl groups is 4. The molecule has 0 aromatic carbocycles. The normalized spacial score (nSPS) is 38.2. The Bertz CT molecular complexity index is 347. The molecule has 0 spiro atoms. The topological polar surface area (TPSA) is 119 Å². The summed E-state index contributed by atoms with van der Waals surface area (Å²) in [4.78, 5) is 6.77. The van der Waals surface area contributed by atoms with Crippen molar-refractivity contribution in [2.24, 2.45) is 0 Å². The van der Waals surface area contributed by atoms with Crippen LogP contribution < -0.4 is 0 Å². The fourth-order valence-electron chi connectivity index (χ4n) is 1.59. The van der Waals surface area contributed by atoms with Crippen LogP contribution in [0.5, 0.6) is 0 Å². The van der Waals surface area contributed by atoms with Gasteiger partial charge < -0.3 is 30.1 Å². The summed E-state index contributed by atoms with van der Waals surface area (Å²) in [6.07, 6.45) is -1.65. The van der Waals surface area contributed by atoms with Gasteiger partial charge >= 0.3 is 0 Å². The first-order valence-electron chi connectivity index (χ1n) is 5.10. The summed E-state index contributed by atoms with van der Waals surface area (Å²) in [7, 11) is 0. The van der Waals surface area contributed by atoms with Gasteiger partial charge in [0.05, 0.1) is 6.61 Å². The zero-order chi connectivity index (χ0) is 12.4. The van der Waals surface area contributed by atoms with Gasteiger partial charge in [-0.05, 0) is 0 Å². The van der Waals surface area contributed by atoms with E-state index in [9.17, 15) is 15.3 Å². The van der Waals surface area contributed by atoms with E-state index in [4.69, 9.17) is 9.84 Å². The lowest BCUT2D eigenvalue weighted by molar-refractivity contribution is -0.205. The molecule has 0 aliphatic carbocycles. The summed E-state index contributed by atoms with van der Waals surface area (Å²) < 4.78 is 5.30. The number of aromatic nitrogens is 2. The maximum Gasteiger partial charge on any atom is 0.167 e. The van der Waals surface area contributed by atoms with E-state index >= 15 is 0 Å². The number of imidazole rings is 1. The maximum absolute atomic E-state index is 9.74. The minimum Gasteiger partial charge on any atom is -0.394 e. The van der Waals surface area contributed by atoms with Gasteiger partial charge in [-0.1, -0.05) is 11.8 Å². The minimum absolute atomic E-state index is 0.430. The highest BCUT2D eigenvalue weighted by molar-refractivity contribution is 7.99. The first-order chi connectivity index (χ1) is 8.13. The minimum atomic E-state index is -1.35. The van der Waals surface area contributed by atoms with Crippen molar-refractivity contribution in [1.82, 2.24) is 9.97 Å². The van der Waals surface area contributed by atoms with Gasteiger partial charge in [0.2, 0.25) is 0 Å². The molecule has 5 atom stereocenters. The number of nitrogens with one attached hydrogen (secondary N) is 1. The molecule has 1 aromatic rings. The van der Waals surface area contributed by atoms with Gasteiger partial charge in [0.25, 0.3) is 0 Å². The Morgan fingerprint density at radius 1 is 1.29 bits per heavy atom. The SMILES string of the molecule is OCC1OC(Sc2ncc[nH]2)C(O)C(O)C1O. The van der Waals surface area contributed by atoms with Crippen molar-refractivity contribution in [2.45, 2.75) is 35.0 Å². The molecule has 0 bridgehead atoms. The van der Waals surface area contributed by atoms with E-state index in [1.807, 2.05) is 0 Å². The lowest BCUT2D eigenvalue weighted by atomic mass is 10.0. The van der Waals surface area contributed by atoms with Crippen LogP contribution in [-0.2, 0) is 4.74 Å². The van der Waals surface area contributed by atoms with Crippen LogP contribution in [0.15, 0.2) is 17.6 Å². The van der Waals surface area contributed by atoms with E-state index in [-0.39, 0.29) is 0 Å². The lowest BCUT2D eigenvalue weighted by Gasteiger charge is -2.39. The van der Waals surface area contributed by atoms with Crippen molar-refractivity contribution in [3.05, 3.63) is 12.4 Å². The van der Waals surface area contributed by atoms with Crippen LogP contribution in [0.3, 0.4) is 0 Å². The molecule has 2 rings (SSSR count). The molecular formula is C9H14N2O5S. The number of aromatic amines is 1. The summed E-state index contributed by atoms with van der Waals surface area (Å²) in [5.74, 6) is 0. The average molecular weight is 262 g/mol. The van der Waals surface area contributed by atoms with Crippen LogP contribution in [0.1, 0.15) is 0 Å². The molecule has 0 radical (unpaired) electrons. The summed E-state index contributed by atoms with van der Waals surface area (Å²) in [5, 5.41) is 38.4. The first kappa shape index (κ1) is 12.8. The maximum atomic E-state index is 9.74. The lowest BCUT2D eigenvalue weighted by Crippen LogP contribution is -2.57. The average Bonchev–Trinajstić information content (AvgIpc) is 2.83. The molecule has 96 valence electrons. The molecule has 1 aliphatic rings. The van der Waals surface area contributed by atoms with Crippen LogP contribution in [0.25, 0.3) is 0 Å². The Morgan fingerprint density at radius 3 is 2.65 bits per heavy atom. The molecule has 5 unspecified atom stereocenters. The Labute approximate surface area is 101 Å². The summed E-state index contributed by atoms with van der Waals surface area (Å²) in [5.41, 5.74) is -0.795. The van der Waals surface area contributed by atoms with E-state index in [1.54, 1.807) is 12.4 Å². The monoisotopic (exact) mass is 262 g/mol. The molecule has 1 aliphatic heterocycles. The van der Waals surface area contributed by atoms with Gasteiger partial charge in [0.1, 0.15) is 29.9 Å². The summed E-state index contributed by atoms with van der Waals surface area (Å²) >= 11 is 1.08. The van der Waals surface area contributed by atoms with Crippen molar-refractivity contribution in [3.8, 4) is 0 Å². The number of aliphatic hydroxyl groups excluding tert-OH is 4. The molecular weight excluding hydrogens is 248 g/mol. The number of nitrogens with zero attached hydrogens (tertiary/aromatic N) is 1. The highest BCUT2D eigenvalue weighted by Gasteiger charge is 2.44. The largest absolute Gasteiger partial charge is 0.394 e. The number of H-pyrrole nitrogens is 1. The Balaban J connectivity index is 2.06.